The topological polar surface area (TPSA) is 114 Å². The number of hydrogen-bond acceptors (Lipinski definition) is 5. The van der Waals surface area contributed by atoms with E-state index in [-0.39, 0.29) is 25.2 Å². The molecule has 0 bridgehead atoms. The second-order valence-corrected chi connectivity index (χ2v) is 9.60. The maximum atomic E-state index is 15.4. The fraction of sp³-hybridized carbons (Fsp3) is 0.385. The number of nitrogens with one attached hydrogen (secondary N) is 1. The first kappa shape index (κ1) is 28.0. The lowest BCUT2D eigenvalue weighted by Crippen LogP contribution is -2.55. The van der Waals surface area contributed by atoms with Gasteiger partial charge in [0.1, 0.15) is 6.04 Å². The van der Waals surface area contributed by atoms with Gasteiger partial charge in [-0.05, 0) is 17.0 Å². The summed E-state index contributed by atoms with van der Waals surface area (Å²) in [6.45, 7) is -1.82. The number of aromatic nitrogens is 2. The van der Waals surface area contributed by atoms with Gasteiger partial charge in [-0.15, -0.1) is 0 Å². The van der Waals surface area contributed by atoms with Crippen molar-refractivity contribution >= 4 is 22.6 Å². The number of rotatable bonds is 7. The molecule has 1 aromatic heterocycles. The van der Waals surface area contributed by atoms with Gasteiger partial charge in [-0.3, -0.25) is 14.5 Å². The van der Waals surface area contributed by atoms with Crippen LogP contribution in [0.5, 0.6) is 0 Å². The lowest BCUT2D eigenvalue weighted by molar-refractivity contribution is -0.156. The molecule has 13 heteroatoms. The van der Waals surface area contributed by atoms with Gasteiger partial charge in [0, 0.05) is 57.0 Å². The molecule has 0 unspecified atom stereocenters. The van der Waals surface area contributed by atoms with Crippen LogP contribution in [0.15, 0.2) is 58.3 Å². The predicted molar refractivity (Wildman–Crippen MR) is 134 cm³/mol. The summed E-state index contributed by atoms with van der Waals surface area (Å²) < 4.78 is 55.5. The van der Waals surface area contributed by atoms with Crippen LogP contribution < -0.4 is 16.6 Å². The second kappa shape index (κ2) is 10.6. The van der Waals surface area contributed by atoms with E-state index >= 15 is 4.39 Å². The van der Waals surface area contributed by atoms with Gasteiger partial charge in [-0.2, -0.15) is 13.2 Å². The van der Waals surface area contributed by atoms with Crippen LogP contribution in [0.2, 0.25) is 0 Å². The number of hydrogen-bond donors (Lipinski definition) is 2. The molecule has 2 N–H and O–H groups in total. The maximum absolute atomic E-state index is 15.4. The van der Waals surface area contributed by atoms with Gasteiger partial charge in [0.15, 0.2) is 5.67 Å². The molecular weight excluding hydrogens is 524 g/mol. The summed E-state index contributed by atoms with van der Waals surface area (Å²) in [6.07, 6.45) is -4.36. The Morgan fingerprint density at radius 3 is 2.33 bits per heavy atom. The third kappa shape index (κ3) is 6.03. The van der Waals surface area contributed by atoms with Crippen molar-refractivity contribution in [1.82, 2.24) is 19.4 Å². The molecular formula is C26H26F4N4O5. The van der Waals surface area contributed by atoms with E-state index in [1.54, 1.807) is 36.4 Å². The predicted octanol–water partition coefficient (Wildman–Crippen LogP) is 2.17. The molecule has 208 valence electrons. The molecule has 1 saturated heterocycles. The smallest absolute Gasteiger partial charge is 0.401 e. The lowest BCUT2D eigenvalue weighted by Gasteiger charge is -2.36. The Morgan fingerprint density at radius 2 is 1.69 bits per heavy atom. The second-order valence-electron chi connectivity index (χ2n) is 9.60. The van der Waals surface area contributed by atoms with Gasteiger partial charge in [0.05, 0.1) is 12.2 Å². The SMILES string of the molecule is Cn1ccc(=O)n(-c2cccc3c(C[C@H](NC(=O)C4(F)CCN(CC(F)(F)F)CC4)C(=O)O)cccc23)c1=O. The summed E-state index contributed by atoms with van der Waals surface area (Å²) >= 11 is 0. The van der Waals surface area contributed by atoms with Gasteiger partial charge in [0.2, 0.25) is 0 Å². The molecule has 2 aromatic carbocycles. The average molecular weight is 551 g/mol. The van der Waals surface area contributed by atoms with Crippen molar-refractivity contribution in [2.45, 2.75) is 37.1 Å². The minimum absolute atomic E-state index is 0.250. The zero-order chi connectivity index (χ0) is 28.5. The Balaban J connectivity index is 1.58. The van der Waals surface area contributed by atoms with Crippen molar-refractivity contribution in [2.75, 3.05) is 19.6 Å². The Kier molecular flexibility index (Phi) is 7.64. The molecule has 1 atom stereocenters. The first-order valence-electron chi connectivity index (χ1n) is 12.1. The monoisotopic (exact) mass is 550 g/mol. The largest absolute Gasteiger partial charge is 0.480 e. The number of amides is 1. The average Bonchev–Trinajstić information content (AvgIpc) is 2.87. The standard InChI is InChI=1S/C26H26F4N4O5/c1-32-11-8-21(35)34(24(32)39)20-7-3-5-17-16(4-2-6-18(17)20)14-19(22(36)37)31-23(38)25(27)9-12-33(13-10-25)15-26(28,29)30/h2-8,11,19H,9-10,12-15H2,1H3,(H,31,38)(H,36,37)/t19-/m0/s1. The summed E-state index contributed by atoms with van der Waals surface area (Å²) in [5.41, 5.74) is -2.90. The molecule has 3 aromatic rings. The summed E-state index contributed by atoms with van der Waals surface area (Å²) in [6, 6.07) is 9.41. The third-order valence-corrected chi connectivity index (χ3v) is 6.87. The number of carbonyl (C=O) groups is 2. The number of nitrogens with zero attached hydrogens (tertiary/aromatic N) is 3. The Labute approximate surface area is 219 Å². The van der Waals surface area contributed by atoms with Crippen molar-refractivity contribution in [3.8, 4) is 5.69 Å². The first-order valence-corrected chi connectivity index (χ1v) is 12.1. The van der Waals surface area contributed by atoms with Crippen LogP contribution in [0, 0.1) is 0 Å². The molecule has 39 heavy (non-hydrogen) atoms. The summed E-state index contributed by atoms with van der Waals surface area (Å²) in [5, 5.41) is 13.0. The van der Waals surface area contributed by atoms with E-state index < -0.39 is 60.4 Å². The summed E-state index contributed by atoms with van der Waals surface area (Å²) in [4.78, 5) is 51.0. The van der Waals surface area contributed by atoms with Gasteiger partial charge in [-0.1, -0.05) is 30.3 Å². The number of likely N-dealkylation sites (tertiary alicyclic amines) is 1. The first-order chi connectivity index (χ1) is 18.3. The molecule has 1 fully saturated rings. The number of aryl methyl sites for hydroxylation is 1. The lowest BCUT2D eigenvalue weighted by atomic mass is 9.91. The van der Waals surface area contributed by atoms with Crippen LogP contribution in [0.3, 0.4) is 0 Å². The van der Waals surface area contributed by atoms with Gasteiger partial charge >= 0.3 is 17.8 Å². The molecule has 4 rings (SSSR count). The zero-order valence-electron chi connectivity index (χ0n) is 20.9. The number of carboxylic acid groups (broad SMARTS) is 1. The van der Waals surface area contributed by atoms with Crippen LogP contribution in [-0.4, -0.2) is 68.5 Å². The molecule has 1 aliphatic heterocycles. The highest BCUT2D eigenvalue weighted by molar-refractivity contribution is 5.94. The zero-order valence-corrected chi connectivity index (χ0v) is 20.9. The van der Waals surface area contributed by atoms with Crippen LogP contribution in [-0.2, 0) is 23.1 Å². The molecule has 0 aliphatic carbocycles. The van der Waals surface area contributed by atoms with E-state index in [2.05, 4.69) is 5.32 Å². The van der Waals surface area contributed by atoms with Crippen molar-refractivity contribution < 1.29 is 32.3 Å². The quantitative estimate of drug-likeness (QED) is 0.436. The Hall–Kier alpha value is -4.00. The molecule has 1 aliphatic rings. The van der Waals surface area contributed by atoms with Crippen LogP contribution in [0.1, 0.15) is 18.4 Å². The van der Waals surface area contributed by atoms with E-state index in [0.29, 0.717) is 16.3 Å². The number of halogens is 4. The minimum atomic E-state index is -4.45. The normalized spacial score (nSPS) is 16.6. The van der Waals surface area contributed by atoms with Crippen LogP contribution >= 0.6 is 0 Å². The number of piperidine rings is 1. The molecule has 9 nitrogen and oxygen atoms in total. The number of alkyl halides is 4. The third-order valence-electron chi connectivity index (χ3n) is 6.87. The molecule has 1 amide bonds. The van der Waals surface area contributed by atoms with E-state index in [1.165, 1.54) is 23.9 Å². The number of fused-ring (bicyclic) bond motifs is 1. The summed E-state index contributed by atoms with van der Waals surface area (Å²) in [5.74, 6) is -2.62. The highest BCUT2D eigenvalue weighted by Gasteiger charge is 2.44. The van der Waals surface area contributed by atoms with Gasteiger partial charge in [-0.25, -0.2) is 18.5 Å². The molecule has 0 radical (unpaired) electrons. The highest BCUT2D eigenvalue weighted by atomic mass is 19.4. The maximum Gasteiger partial charge on any atom is 0.401 e. The Morgan fingerprint density at radius 1 is 1.05 bits per heavy atom. The highest BCUT2D eigenvalue weighted by Crippen LogP contribution is 2.30. The number of carbonyl (C=O) groups excluding carboxylic acids is 1. The Bertz CT molecular complexity index is 1520. The number of benzene rings is 2. The van der Waals surface area contributed by atoms with Gasteiger partial charge in [0.25, 0.3) is 11.5 Å². The molecule has 0 spiro atoms. The van der Waals surface area contributed by atoms with Crippen molar-refractivity contribution in [3.63, 3.8) is 0 Å². The van der Waals surface area contributed by atoms with E-state index in [1.807, 2.05) is 0 Å². The fourth-order valence-electron chi connectivity index (χ4n) is 4.77. The van der Waals surface area contributed by atoms with E-state index in [0.717, 1.165) is 9.47 Å². The van der Waals surface area contributed by atoms with Crippen LogP contribution in [0.4, 0.5) is 17.6 Å². The van der Waals surface area contributed by atoms with Crippen molar-refractivity contribution in [1.29, 1.82) is 0 Å². The van der Waals surface area contributed by atoms with Gasteiger partial charge < -0.3 is 15.0 Å². The van der Waals surface area contributed by atoms with Crippen molar-refractivity contribution in [2.24, 2.45) is 7.05 Å². The minimum Gasteiger partial charge on any atom is -0.480 e. The number of carboxylic acids is 1. The molecule has 0 saturated carbocycles. The number of aliphatic carboxylic acids is 1. The van der Waals surface area contributed by atoms with E-state index in [4.69, 9.17) is 0 Å². The van der Waals surface area contributed by atoms with Crippen molar-refractivity contribution in [3.05, 3.63) is 75.1 Å². The summed E-state index contributed by atoms with van der Waals surface area (Å²) in [7, 11) is 1.49. The molecule has 2 heterocycles. The fourth-order valence-corrected chi connectivity index (χ4v) is 4.77. The van der Waals surface area contributed by atoms with Crippen LogP contribution in [0.25, 0.3) is 16.5 Å². The van der Waals surface area contributed by atoms with E-state index in [9.17, 15) is 37.5 Å².